The third-order valence-corrected chi connectivity index (χ3v) is 4.17. The van der Waals surface area contributed by atoms with Gasteiger partial charge in [0, 0.05) is 47.1 Å². The molecule has 134 valence electrons. The van der Waals surface area contributed by atoms with E-state index in [1.54, 1.807) is 24.4 Å². The van der Waals surface area contributed by atoms with E-state index in [9.17, 15) is 13.6 Å². The highest BCUT2D eigenvalue weighted by Crippen LogP contribution is 2.28. The summed E-state index contributed by atoms with van der Waals surface area (Å²) in [5.41, 5.74) is 1.42. The molecule has 0 fully saturated rings. The highest BCUT2D eigenvalue weighted by molar-refractivity contribution is 6.36. The van der Waals surface area contributed by atoms with Crippen LogP contribution in [0.3, 0.4) is 0 Å². The van der Waals surface area contributed by atoms with Gasteiger partial charge in [-0.3, -0.25) is 4.79 Å². The van der Waals surface area contributed by atoms with Crippen molar-refractivity contribution in [3.8, 4) is 11.4 Å². The molecule has 0 aliphatic rings. The Morgan fingerprint density at radius 2 is 1.85 bits per heavy atom. The van der Waals surface area contributed by atoms with E-state index in [2.05, 4.69) is 15.3 Å². The maximum absolute atomic E-state index is 13.1. The van der Waals surface area contributed by atoms with Gasteiger partial charge in [0.25, 0.3) is 5.91 Å². The van der Waals surface area contributed by atoms with Crippen LogP contribution in [0.1, 0.15) is 16.1 Å². The molecule has 3 aromatic rings. The predicted molar refractivity (Wildman–Crippen MR) is 96.4 cm³/mol. The lowest BCUT2D eigenvalue weighted by molar-refractivity contribution is 0.0953. The van der Waals surface area contributed by atoms with E-state index in [1.807, 2.05) is 0 Å². The summed E-state index contributed by atoms with van der Waals surface area (Å²) >= 11 is 12.0. The molecule has 0 aliphatic heterocycles. The molecule has 0 saturated carbocycles. The van der Waals surface area contributed by atoms with Crippen molar-refractivity contribution in [2.24, 2.45) is 0 Å². The van der Waals surface area contributed by atoms with Crippen molar-refractivity contribution in [1.82, 2.24) is 15.3 Å². The smallest absolute Gasteiger partial charge is 0.251 e. The first kappa shape index (κ1) is 18.4. The van der Waals surface area contributed by atoms with Crippen LogP contribution >= 0.6 is 23.2 Å². The first-order valence-corrected chi connectivity index (χ1v) is 8.41. The summed E-state index contributed by atoms with van der Waals surface area (Å²) in [6.45, 7) is 0.271. The second-order valence-corrected chi connectivity index (χ2v) is 6.39. The zero-order chi connectivity index (χ0) is 18.7. The van der Waals surface area contributed by atoms with Gasteiger partial charge in [0.05, 0.1) is 5.02 Å². The van der Waals surface area contributed by atoms with Gasteiger partial charge in [-0.15, -0.1) is 0 Å². The standard InChI is InChI=1S/C18H13Cl2F2N3O/c19-11-1-2-15(16(20)7-11)17-24-9-14(25-17)3-4-23-18(26)10-5-12(21)8-13(22)6-10/h1-2,5-9H,3-4H2,(H,23,26)(H,24,25). The first-order chi connectivity index (χ1) is 12.4. The topological polar surface area (TPSA) is 57.8 Å². The molecule has 0 saturated heterocycles. The highest BCUT2D eigenvalue weighted by atomic mass is 35.5. The van der Waals surface area contributed by atoms with Crippen molar-refractivity contribution >= 4 is 29.1 Å². The van der Waals surface area contributed by atoms with Crippen molar-refractivity contribution in [3.63, 3.8) is 0 Å². The summed E-state index contributed by atoms with van der Waals surface area (Å²) < 4.78 is 26.3. The highest BCUT2D eigenvalue weighted by Gasteiger charge is 2.11. The number of aromatic amines is 1. The van der Waals surface area contributed by atoms with Gasteiger partial charge in [0.15, 0.2) is 0 Å². The average molecular weight is 396 g/mol. The van der Waals surface area contributed by atoms with Gasteiger partial charge < -0.3 is 10.3 Å². The number of halogens is 4. The van der Waals surface area contributed by atoms with Crippen LogP contribution < -0.4 is 5.32 Å². The molecule has 2 aromatic carbocycles. The molecule has 0 aliphatic carbocycles. The lowest BCUT2D eigenvalue weighted by atomic mass is 10.2. The van der Waals surface area contributed by atoms with Gasteiger partial charge in [0.1, 0.15) is 17.5 Å². The Morgan fingerprint density at radius 1 is 1.12 bits per heavy atom. The molecule has 1 heterocycles. The molecular formula is C18H13Cl2F2N3O. The van der Waals surface area contributed by atoms with E-state index in [1.165, 1.54) is 0 Å². The Kier molecular flexibility index (Phi) is 5.54. The molecule has 0 radical (unpaired) electrons. The van der Waals surface area contributed by atoms with Crippen molar-refractivity contribution in [3.05, 3.63) is 75.5 Å². The van der Waals surface area contributed by atoms with E-state index in [0.29, 0.717) is 33.9 Å². The number of imidazole rings is 1. The normalized spacial score (nSPS) is 10.8. The first-order valence-electron chi connectivity index (χ1n) is 7.66. The maximum atomic E-state index is 13.1. The van der Waals surface area contributed by atoms with Gasteiger partial charge >= 0.3 is 0 Å². The third kappa shape index (κ3) is 4.39. The number of H-pyrrole nitrogens is 1. The predicted octanol–water partition coefficient (Wildman–Crippen LogP) is 4.63. The van der Waals surface area contributed by atoms with Crippen LogP contribution in [0.15, 0.2) is 42.6 Å². The molecule has 4 nitrogen and oxygen atoms in total. The zero-order valence-electron chi connectivity index (χ0n) is 13.3. The van der Waals surface area contributed by atoms with Crippen LogP contribution in [0.25, 0.3) is 11.4 Å². The lowest BCUT2D eigenvalue weighted by Crippen LogP contribution is -2.26. The quantitative estimate of drug-likeness (QED) is 0.661. The van der Waals surface area contributed by atoms with E-state index in [4.69, 9.17) is 23.2 Å². The van der Waals surface area contributed by atoms with Crippen LogP contribution in [-0.4, -0.2) is 22.4 Å². The number of amides is 1. The second-order valence-electron chi connectivity index (χ2n) is 5.55. The number of nitrogens with one attached hydrogen (secondary N) is 2. The fraction of sp³-hybridized carbons (Fsp3) is 0.111. The fourth-order valence-electron chi connectivity index (χ4n) is 2.40. The number of hydrogen-bond acceptors (Lipinski definition) is 2. The monoisotopic (exact) mass is 395 g/mol. The van der Waals surface area contributed by atoms with Gasteiger partial charge in [-0.1, -0.05) is 23.2 Å². The molecule has 0 bridgehead atoms. The van der Waals surface area contributed by atoms with Crippen molar-refractivity contribution in [2.75, 3.05) is 6.54 Å². The van der Waals surface area contributed by atoms with Crippen molar-refractivity contribution < 1.29 is 13.6 Å². The van der Waals surface area contributed by atoms with Crippen LogP contribution in [-0.2, 0) is 6.42 Å². The number of hydrogen-bond donors (Lipinski definition) is 2. The van der Waals surface area contributed by atoms with Gasteiger partial charge in [-0.05, 0) is 30.3 Å². The molecule has 0 spiro atoms. The van der Waals surface area contributed by atoms with Gasteiger partial charge in [-0.2, -0.15) is 0 Å². The molecule has 26 heavy (non-hydrogen) atoms. The van der Waals surface area contributed by atoms with E-state index in [0.717, 1.165) is 17.8 Å². The summed E-state index contributed by atoms with van der Waals surface area (Å²) in [5.74, 6) is -1.56. The zero-order valence-corrected chi connectivity index (χ0v) is 14.8. The minimum atomic E-state index is -0.798. The Labute approximate surface area is 158 Å². The molecule has 0 atom stereocenters. The van der Waals surface area contributed by atoms with Crippen molar-refractivity contribution in [2.45, 2.75) is 6.42 Å². The Balaban J connectivity index is 1.60. The third-order valence-electron chi connectivity index (χ3n) is 3.62. The van der Waals surface area contributed by atoms with E-state index in [-0.39, 0.29) is 12.1 Å². The lowest BCUT2D eigenvalue weighted by Gasteiger charge is -2.05. The summed E-state index contributed by atoms with van der Waals surface area (Å²) in [4.78, 5) is 19.3. The van der Waals surface area contributed by atoms with Gasteiger partial charge in [-0.25, -0.2) is 13.8 Å². The average Bonchev–Trinajstić information content (AvgIpc) is 3.02. The summed E-state index contributed by atoms with van der Waals surface area (Å²) in [5, 5.41) is 3.61. The number of carbonyl (C=O) groups excluding carboxylic acids is 1. The number of benzene rings is 2. The SMILES string of the molecule is O=C(NCCc1cnc(-c2ccc(Cl)cc2Cl)[nH]1)c1cc(F)cc(F)c1. The van der Waals surface area contributed by atoms with Crippen LogP contribution in [0.4, 0.5) is 8.78 Å². The summed E-state index contributed by atoms with van der Waals surface area (Å²) in [7, 11) is 0. The Morgan fingerprint density at radius 3 is 2.54 bits per heavy atom. The maximum Gasteiger partial charge on any atom is 0.251 e. The minimum absolute atomic E-state index is 0.0688. The van der Waals surface area contributed by atoms with Crippen LogP contribution in [0, 0.1) is 11.6 Å². The van der Waals surface area contributed by atoms with Gasteiger partial charge in [0.2, 0.25) is 0 Å². The molecule has 2 N–H and O–H groups in total. The Hall–Kier alpha value is -2.44. The number of rotatable bonds is 5. The Bertz CT molecular complexity index is 939. The number of carbonyl (C=O) groups is 1. The van der Waals surface area contributed by atoms with Crippen molar-refractivity contribution in [1.29, 1.82) is 0 Å². The molecule has 1 amide bonds. The second kappa shape index (κ2) is 7.85. The molecule has 1 aromatic heterocycles. The molecule has 0 unspecified atom stereocenters. The molecule has 3 rings (SSSR count). The van der Waals surface area contributed by atoms with Crippen LogP contribution in [0.5, 0.6) is 0 Å². The van der Waals surface area contributed by atoms with E-state index < -0.39 is 17.5 Å². The van der Waals surface area contributed by atoms with E-state index >= 15 is 0 Å². The fourth-order valence-corrected chi connectivity index (χ4v) is 2.90. The summed E-state index contributed by atoms with van der Waals surface area (Å²) in [6.07, 6.45) is 2.09. The number of aromatic nitrogens is 2. The largest absolute Gasteiger partial charge is 0.352 e. The molecular weight excluding hydrogens is 383 g/mol. The summed E-state index contributed by atoms with van der Waals surface area (Å²) in [6, 6.07) is 7.77. The minimum Gasteiger partial charge on any atom is -0.352 e. The number of nitrogens with zero attached hydrogens (tertiary/aromatic N) is 1. The van der Waals surface area contributed by atoms with Crippen LogP contribution in [0.2, 0.25) is 10.0 Å². The molecule has 8 heteroatoms.